The zero-order chi connectivity index (χ0) is 26.3. The van der Waals surface area contributed by atoms with Crippen LogP contribution in [0, 0.1) is 0 Å². The number of aromatic nitrogens is 3. The van der Waals surface area contributed by atoms with E-state index in [4.69, 9.17) is 0 Å². The van der Waals surface area contributed by atoms with Crippen molar-refractivity contribution < 1.29 is 32.3 Å². The highest BCUT2D eigenvalue weighted by Crippen LogP contribution is 2.38. The van der Waals surface area contributed by atoms with Gasteiger partial charge in [0, 0.05) is 54.3 Å². The standard InChI is InChI=1S/C21H20F3N7O4S/c1-3-26-20(34)29-16-5-13(19-28-15(10-36-19)21(22,23)24)14(8-27-16)11-4-12(7-25-6-11)18(33)31-30-17(32)9-35-2/h4-8,10H,3,9H2,1-2H3,(H,30,32)(H,31,33)(H2,26,27,29,34). The lowest BCUT2D eigenvalue weighted by atomic mass is 10.0. The predicted molar refractivity (Wildman–Crippen MR) is 124 cm³/mol. The Labute approximate surface area is 206 Å². The zero-order valence-corrected chi connectivity index (χ0v) is 19.7. The quantitative estimate of drug-likeness (QED) is 0.348. The van der Waals surface area contributed by atoms with E-state index in [1.165, 1.54) is 37.8 Å². The minimum atomic E-state index is -4.64. The number of thiazole rings is 1. The second kappa shape index (κ2) is 11.5. The van der Waals surface area contributed by atoms with E-state index in [0.717, 1.165) is 16.7 Å². The highest BCUT2D eigenvalue weighted by atomic mass is 32.1. The Morgan fingerprint density at radius 2 is 1.86 bits per heavy atom. The molecule has 3 aromatic heterocycles. The molecule has 0 aliphatic carbocycles. The van der Waals surface area contributed by atoms with Crippen LogP contribution in [0.2, 0.25) is 0 Å². The van der Waals surface area contributed by atoms with Crippen molar-refractivity contribution in [2.24, 2.45) is 0 Å². The number of pyridine rings is 2. The Kier molecular flexibility index (Phi) is 8.50. The summed E-state index contributed by atoms with van der Waals surface area (Å²) in [5.74, 6) is -1.20. The molecule has 0 aromatic carbocycles. The first-order chi connectivity index (χ1) is 17.1. The van der Waals surface area contributed by atoms with Gasteiger partial charge < -0.3 is 10.1 Å². The number of urea groups is 1. The molecule has 0 aliphatic rings. The molecule has 0 saturated carbocycles. The molecule has 0 saturated heterocycles. The molecule has 36 heavy (non-hydrogen) atoms. The third-order valence-electron chi connectivity index (χ3n) is 4.41. The Bertz CT molecular complexity index is 1270. The van der Waals surface area contributed by atoms with Gasteiger partial charge in [-0.3, -0.25) is 30.7 Å². The van der Waals surface area contributed by atoms with Crippen molar-refractivity contribution in [3.8, 4) is 21.7 Å². The molecule has 4 N–H and O–H groups in total. The van der Waals surface area contributed by atoms with Crippen LogP contribution in [0.15, 0.2) is 36.1 Å². The summed E-state index contributed by atoms with van der Waals surface area (Å²) in [4.78, 5) is 47.7. The SMILES string of the molecule is CCNC(=O)Nc1cc(-c2nc(C(F)(F)F)cs2)c(-c2cncc(C(=O)NNC(=O)COC)c2)cn1. The number of hydrazine groups is 1. The average Bonchev–Trinajstić information content (AvgIpc) is 3.34. The third-order valence-corrected chi connectivity index (χ3v) is 5.29. The van der Waals surface area contributed by atoms with Gasteiger partial charge in [-0.1, -0.05) is 0 Å². The van der Waals surface area contributed by atoms with E-state index in [9.17, 15) is 27.6 Å². The fourth-order valence-corrected chi connectivity index (χ4v) is 3.71. The number of amides is 4. The van der Waals surface area contributed by atoms with Crippen molar-refractivity contribution in [3.63, 3.8) is 0 Å². The molecule has 0 fully saturated rings. The predicted octanol–water partition coefficient (Wildman–Crippen LogP) is 2.83. The Morgan fingerprint density at radius 1 is 1.08 bits per heavy atom. The minimum Gasteiger partial charge on any atom is -0.375 e. The van der Waals surface area contributed by atoms with Gasteiger partial charge in [0.15, 0.2) is 5.69 Å². The first-order valence-corrected chi connectivity index (χ1v) is 11.1. The van der Waals surface area contributed by atoms with Crippen molar-refractivity contribution in [2.75, 3.05) is 25.6 Å². The summed E-state index contributed by atoms with van der Waals surface area (Å²) in [6, 6.07) is 2.25. The molecule has 190 valence electrons. The van der Waals surface area contributed by atoms with Gasteiger partial charge in [0.2, 0.25) is 0 Å². The topological polar surface area (TPSA) is 147 Å². The van der Waals surface area contributed by atoms with Gasteiger partial charge in [0.1, 0.15) is 17.4 Å². The van der Waals surface area contributed by atoms with Crippen LogP contribution in [0.1, 0.15) is 23.0 Å². The van der Waals surface area contributed by atoms with E-state index < -0.39 is 29.7 Å². The first-order valence-electron chi connectivity index (χ1n) is 10.2. The number of halogens is 3. The fourth-order valence-electron chi connectivity index (χ4n) is 2.86. The van der Waals surface area contributed by atoms with Gasteiger partial charge in [0.05, 0.1) is 5.56 Å². The fraction of sp³-hybridized carbons (Fsp3) is 0.238. The molecule has 15 heteroatoms. The molecule has 4 amide bonds. The summed E-state index contributed by atoms with van der Waals surface area (Å²) in [6.07, 6.45) is -0.692. The van der Waals surface area contributed by atoms with Crippen molar-refractivity contribution in [1.82, 2.24) is 31.1 Å². The maximum Gasteiger partial charge on any atom is 0.434 e. The van der Waals surface area contributed by atoms with E-state index >= 15 is 0 Å². The molecule has 0 spiro atoms. The summed E-state index contributed by atoms with van der Waals surface area (Å²) in [6.45, 7) is 1.80. The minimum absolute atomic E-state index is 0.0142. The van der Waals surface area contributed by atoms with Gasteiger partial charge >= 0.3 is 12.2 Å². The normalized spacial score (nSPS) is 11.0. The average molecular weight is 523 g/mol. The number of hydrogen-bond acceptors (Lipinski definition) is 8. The molecule has 3 heterocycles. The lowest BCUT2D eigenvalue weighted by Crippen LogP contribution is -2.43. The number of carbonyl (C=O) groups is 3. The lowest BCUT2D eigenvalue weighted by Gasteiger charge is -2.12. The zero-order valence-electron chi connectivity index (χ0n) is 18.9. The van der Waals surface area contributed by atoms with E-state index in [0.29, 0.717) is 17.7 Å². The Hall–Kier alpha value is -4.11. The molecule has 0 bridgehead atoms. The molecular formula is C21H20F3N7O4S. The summed E-state index contributed by atoms with van der Waals surface area (Å²) < 4.78 is 44.2. The maximum atomic E-state index is 13.2. The van der Waals surface area contributed by atoms with Crippen LogP contribution < -0.4 is 21.5 Å². The van der Waals surface area contributed by atoms with Crippen LogP contribution in [0.4, 0.5) is 23.8 Å². The summed E-state index contributed by atoms with van der Waals surface area (Å²) >= 11 is 0.756. The van der Waals surface area contributed by atoms with Gasteiger partial charge in [-0.05, 0) is 19.1 Å². The second-order valence-corrected chi connectivity index (χ2v) is 7.89. The van der Waals surface area contributed by atoms with Gasteiger partial charge in [0.25, 0.3) is 11.8 Å². The Balaban J connectivity index is 1.99. The monoisotopic (exact) mass is 523 g/mol. The van der Waals surface area contributed by atoms with Crippen LogP contribution in [-0.4, -0.2) is 53.1 Å². The molecule has 11 nitrogen and oxygen atoms in total. The maximum absolute atomic E-state index is 13.2. The van der Waals surface area contributed by atoms with Crippen molar-refractivity contribution in [1.29, 1.82) is 0 Å². The number of anilines is 1. The summed E-state index contributed by atoms with van der Waals surface area (Å²) in [7, 11) is 1.32. The first kappa shape index (κ1) is 26.5. The van der Waals surface area contributed by atoms with E-state index in [1.54, 1.807) is 6.92 Å². The van der Waals surface area contributed by atoms with Crippen LogP contribution in [0.25, 0.3) is 21.7 Å². The third kappa shape index (κ3) is 6.73. The number of carbonyl (C=O) groups excluding carboxylic acids is 3. The lowest BCUT2D eigenvalue weighted by molar-refractivity contribution is -0.140. The van der Waals surface area contributed by atoms with Crippen LogP contribution in [-0.2, 0) is 15.7 Å². The van der Waals surface area contributed by atoms with Gasteiger partial charge in [-0.2, -0.15) is 13.2 Å². The summed E-state index contributed by atoms with van der Waals surface area (Å²) in [5.41, 5.74) is 4.23. The van der Waals surface area contributed by atoms with E-state index in [2.05, 4.69) is 41.2 Å². The number of alkyl halides is 3. The molecule has 3 aromatic rings. The molecule has 0 atom stereocenters. The molecule has 3 rings (SSSR count). The highest BCUT2D eigenvalue weighted by Gasteiger charge is 2.34. The van der Waals surface area contributed by atoms with Crippen molar-refractivity contribution in [2.45, 2.75) is 13.1 Å². The molecule has 0 unspecified atom stereocenters. The number of rotatable bonds is 7. The summed E-state index contributed by atoms with van der Waals surface area (Å²) in [5, 5.41) is 5.92. The number of nitrogens with one attached hydrogen (secondary N) is 4. The van der Waals surface area contributed by atoms with Crippen molar-refractivity contribution in [3.05, 3.63) is 47.4 Å². The van der Waals surface area contributed by atoms with Gasteiger partial charge in [-0.15, -0.1) is 11.3 Å². The molecule has 0 radical (unpaired) electrons. The molecular weight excluding hydrogens is 503 g/mol. The van der Waals surface area contributed by atoms with E-state index in [1.807, 2.05) is 0 Å². The number of methoxy groups -OCH3 is 1. The van der Waals surface area contributed by atoms with Crippen LogP contribution in [0.3, 0.4) is 0 Å². The van der Waals surface area contributed by atoms with Crippen molar-refractivity contribution >= 4 is 35.0 Å². The smallest absolute Gasteiger partial charge is 0.375 e. The number of ether oxygens (including phenoxy) is 1. The number of nitrogens with zero attached hydrogens (tertiary/aromatic N) is 3. The van der Waals surface area contributed by atoms with Gasteiger partial charge in [-0.25, -0.2) is 14.8 Å². The van der Waals surface area contributed by atoms with E-state index in [-0.39, 0.29) is 28.6 Å². The van der Waals surface area contributed by atoms with Crippen LogP contribution in [0.5, 0.6) is 0 Å². The largest absolute Gasteiger partial charge is 0.434 e. The highest BCUT2D eigenvalue weighted by molar-refractivity contribution is 7.13. The number of hydrogen-bond donors (Lipinski definition) is 4. The Morgan fingerprint density at radius 3 is 2.53 bits per heavy atom. The molecule has 0 aliphatic heterocycles. The second-order valence-electron chi connectivity index (χ2n) is 7.03. The van der Waals surface area contributed by atoms with Crippen LogP contribution >= 0.6 is 11.3 Å².